The van der Waals surface area contributed by atoms with Crippen LogP contribution in [-0.4, -0.2) is 47.9 Å². The van der Waals surface area contributed by atoms with Crippen LogP contribution >= 0.6 is 23.2 Å². The summed E-state index contributed by atoms with van der Waals surface area (Å²) in [6.07, 6.45) is -5.19. The predicted molar refractivity (Wildman–Crippen MR) is 137 cm³/mol. The number of carbonyl (C=O) groups excluding carboxylic acids is 1. The van der Waals surface area contributed by atoms with Crippen molar-refractivity contribution >= 4 is 46.2 Å². The van der Waals surface area contributed by atoms with Gasteiger partial charge in [-0.2, -0.15) is 13.2 Å². The van der Waals surface area contributed by atoms with Crippen LogP contribution in [-0.2, 0) is 11.3 Å². The summed E-state index contributed by atoms with van der Waals surface area (Å²) >= 11 is 12.5. The van der Waals surface area contributed by atoms with E-state index in [0.717, 1.165) is 0 Å². The molecule has 0 atom stereocenters. The first kappa shape index (κ1) is 26.3. The van der Waals surface area contributed by atoms with Crippen LogP contribution in [0.3, 0.4) is 0 Å². The second kappa shape index (κ2) is 10.4. The van der Waals surface area contributed by atoms with Crippen LogP contribution in [0.1, 0.15) is 5.56 Å². The van der Waals surface area contributed by atoms with Gasteiger partial charge in [0.1, 0.15) is 17.1 Å². The number of nitrogens with one attached hydrogen (secondary N) is 1. The van der Waals surface area contributed by atoms with Crippen molar-refractivity contribution in [3.05, 3.63) is 76.0 Å². The summed E-state index contributed by atoms with van der Waals surface area (Å²) in [5.74, 6) is -2.68. The number of fused-ring (bicyclic) bond motifs is 1. The third-order valence-electron chi connectivity index (χ3n) is 6.16. The molecule has 1 aliphatic rings. The van der Waals surface area contributed by atoms with E-state index in [9.17, 15) is 22.4 Å². The molecule has 0 aliphatic carbocycles. The highest BCUT2D eigenvalue weighted by Crippen LogP contribution is 2.42. The third-order valence-corrected chi connectivity index (χ3v) is 6.78. The molecular weight excluding hydrogens is 547 g/mol. The molecule has 1 saturated heterocycles. The number of carbonyl (C=O) groups is 1. The van der Waals surface area contributed by atoms with Crippen molar-refractivity contribution < 1.29 is 27.1 Å². The molecule has 0 saturated carbocycles. The number of aromatic nitrogens is 2. The SMILES string of the molecule is O=C(Oc1ccc2c(nc(N3CCNCC3)n2Cc2ccc(F)c(Cl)c2)c1-c1ccccc1Cl)C(F)(F)F. The lowest BCUT2D eigenvalue weighted by molar-refractivity contribution is -0.189. The highest BCUT2D eigenvalue weighted by molar-refractivity contribution is 6.34. The predicted octanol–water partition coefficient (Wildman–Crippen LogP) is 6.07. The molecule has 0 bridgehead atoms. The normalized spacial score (nSPS) is 14.2. The molecule has 1 aromatic heterocycles. The van der Waals surface area contributed by atoms with Gasteiger partial charge in [-0.1, -0.05) is 47.5 Å². The smallest absolute Gasteiger partial charge is 0.419 e. The van der Waals surface area contributed by atoms with Gasteiger partial charge in [0.15, 0.2) is 0 Å². The van der Waals surface area contributed by atoms with Crippen LogP contribution in [0.25, 0.3) is 22.2 Å². The highest BCUT2D eigenvalue weighted by atomic mass is 35.5. The average molecular weight is 567 g/mol. The molecule has 38 heavy (non-hydrogen) atoms. The maximum atomic E-state index is 13.8. The van der Waals surface area contributed by atoms with Gasteiger partial charge in [0.25, 0.3) is 0 Å². The molecule has 1 aliphatic heterocycles. The largest absolute Gasteiger partial charge is 0.491 e. The zero-order valence-electron chi connectivity index (χ0n) is 19.7. The molecule has 2 heterocycles. The Morgan fingerprint density at radius 2 is 1.76 bits per heavy atom. The van der Waals surface area contributed by atoms with Crippen LogP contribution in [0.15, 0.2) is 54.6 Å². The molecule has 3 aromatic carbocycles. The summed E-state index contributed by atoms with van der Waals surface area (Å²) in [5.41, 5.74) is 2.05. The fraction of sp³-hybridized carbons (Fsp3) is 0.231. The summed E-state index contributed by atoms with van der Waals surface area (Å²) in [6, 6.07) is 13.8. The minimum atomic E-state index is -5.19. The summed E-state index contributed by atoms with van der Waals surface area (Å²) in [4.78, 5) is 18.7. The molecule has 5 rings (SSSR count). The Balaban J connectivity index is 1.74. The van der Waals surface area contributed by atoms with Crippen LogP contribution in [0, 0.1) is 5.82 Å². The average Bonchev–Trinajstić information content (AvgIpc) is 3.25. The standard InChI is InChI=1S/C26H20Cl2F4N4O2/c27-17-4-2-1-3-16(17)22-21(38-24(37)26(30,31)32)8-7-20-23(22)34-25(35-11-9-33-10-12-35)36(20)14-15-5-6-19(29)18(28)13-15/h1-8,13,33H,9-12,14H2. The van der Waals surface area contributed by atoms with E-state index >= 15 is 0 Å². The Labute approximate surface area is 224 Å². The zero-order valence-corrected chi connectivity index (χ0v) is 21.2. The monoisotopic (exact) mass is 566 g/mol. The van der Waals surface area contributed by atoms with Gasteiger partial charge in [-0.15, -0.1) is 0 Å². The number of imidazole rings is 1. The van der Waals surface area contributed by atoms with Gasteiger partial charge in [-0.25, -0.2) is 14.2 Å². The number of halogens is 6. The molecule has 198 valence electrons. The number of alkyl halides is 3. The van der Waals surface area contributed by atoms with Crippen molar-refractivity contribution in [3.63, 3.8) is 0 Å². The van der Waals surface area contributed by atoms with Gasteiger partial charge in [0.05, 0.1) is 22.6 Å². The number of hydrogen-bond donors (Lipinski definition) is 1. The molecule has 0 amide bonds. The van der Waals surface area contributed by atoms with E-state index in [1.165, 1.54) is 18.2 Å². The number of piperazine rings is 1. The molecule has 4 aromatic rings. The Bertz CT molecular complexity index is 1520. The van der Waals surface area contributed by atoms with Gasteiger partial charge in [-0.05, 0) is 35.9 Å². The number of hydrogen-bond acceptors (Lipinski definition) is 5. The van der Waals surface area contributed by atoms with Crippen molar-refractivity contribution in [3.8, 4) is 16.9 Å². The van der Waals surface area contributed by atoms with E-state index in [1.54, 1.807) is 36.4 Å². The van der Waals surface area contributed by atoms with E-state index in [-0.39, 0.29) is 27.9 Å². The van der Waals surface area contributed by atoms with Gasteiger partial charge in [-0.3, -0.25) is 0 Å². The fourth-order valence-electron chi connectivity index (χ4n) is 4.41. The molecule has 0 spiro atoms. The molecule has 1 fully saturated rings. The Kier molecular flexibility index (Phi) is 7.21. The van der Waals surface area contributed by atoms with Crippen LogP contribution < -0.4 is 15.0 Å². The van der Waals surface area contributed by atoms with Gasteiger partial charge < -0.3 is 19.5 Å². The van der Waals surface area contributed by atoms with E-state index in [1.807, 2.05) is 9.47 Å². The number of esters is 1. The van der Waals surface area contributed by atoms with Crippen molar-refractivity contribution in [2.75, 3.05) is 31.1 Å². The van der Waals surface area contributed by atoms with E-state index in [2.05, 4.69) is 5.32 Å². The van der Waals surface area contributed by atoms with Gasteiger partial charge >= 0.3 is 12.1 Å². The second-order valence-electron chi connectivity index (χ2n) is 8.66. The number of ether oxygens (including phenoxy) is 1. The van der Waals surface area contributed by atoms with Gasteiger partial charge in [0, 0.05) is 36.8 Å². The molecular formula is C26H20Cl2F4N4O2. The van der Waals surface area contributed by atoms with Crippen LogP contribution in [0.4, 0.5) is 23.5 Å². The summed E-state index contributed by atoms with van der Waals surface area (Å²) in [5, 5.41) is 3.48. The first-order valence-electron chi connectivity index (χ1n) is 11.6. The van der Waals surface area contributed by atoms with Crippen molar-refractivity contribution in [2.24, 2.45) is 0 Å². The summed E-state index contributed by atoms with van der Waals surface area (Å²) in [7, 11) is 0. The van der Waals surface area contributed by atoms with E-state index in [0.29, 0.717) is 54.3 Å². The first-order chi connectivity index (χ1) is 18.1. The molecule has 0 unspecified atom stereocenters. The van der Waals surface area contributed by atoms with E-state index in [4.69, 9.17) is 32.9 Å². The topological polar surface area (TPSA) is 59.4 Å². The fourth-order valence-corrected chi connectivity index (χ4v) is 4.84. The molecule has 12 heteroatoms. The minimum absolute atomic E-state index is 0.0336. The van der Waals surface area contributed by atoms with Crippen molar-refractivity contribution in [1.29, 1.82) is 0 Å². The second-order valence-corrected chi connectivity index (χ2v) is 9.47. The highest BCUT2D eigenvalue weighted by Gasteiger charge is 2.42. The summed E-state index contributed by atoms with van der Waals surface area (Å²) < 4.78 is 59.8. The lowest BCUT2D eigenvalue weighted by Crippen LogP contribution is -2.44. The molecule has 1 N–H and O–H groups in total. The van der Waals surface area contributed by atoms with E-state index < -0.39 is 18.0 Å². The number of rotatable bonds is 5. The van der Waals surface area contributed by atoms with Crippen molar-refractivity contribution in [2.45, 2.75) is 12.7 Å². The Hall–Kier alpha value is -3.34. The number of anilines is 1. The molecule has 6 nitrogen and oxygen atoms in total. The maximum Gasteiger partial charge on any atom is 0.491 e. The first-order valence-corrected chi connectivity index (χ1v) is 12.4. The minimum Gasteiger partial charge on any atom is -0.419 e. The third kappa shape index (κ3) is 5.16. The summed E-state index contributed by atoms with van der Waals surface area (Å²) in [6.45, 7) is 2.92. The van der Waals surface area contributed by atoms with Crippen molar-refractivity contribution in [1.82, 2.24) is 14.9 Å². The maximum absolute atomic E-state index is 13.8. The van der Waals surface area contributed by atoms with Crippen LogP contribution in [0.2, 0.25) is 10.0 Å². The quantitative estimate of drug-likeness (QED) is 0.180. The number of nitrogens with zero attached hydrogens (tertiary/aromatic N) is 3. The van der Waals surface area contributed by atoms with Gasteiger partial charge in [0.2, 0.25) is 5.95 Å². The number of benzene rings is 3. The van der Waals surface area contributed by atoms with Crippen LogP contribution in [0.5, 0.6) is 5.75 Å². The lowest BCUT2D eigenvalue weighted by Gasteiger charge is -2.29. The zero-order chi connectivity index (χ0) is 27.0. The Morgan fingerprint density at radius 3 is 2.45 bits per heavy atom. The molecule has 0 radical (unpaired) electrons. The lowest BCUT2D eigenvalue weighted by atomic mass is 10.0. The Morgan fingerprint density at radius 1 is 1.03 bits per heavy atom.